The van der Waals surface area contributed by atoms with Gasteiger partial charge in [0.1, 0.15) is 0 Å². The molecule has 0 aromatic rings. The van der Waals surface area contributed by atoms with Gasteiger partial charge in [0.25, 0.3) is 0 Å². The quantitative estimate of drug-likeness (QED) is 0.0410. The third-order valence-electron chi connectivity index (χ3n) is 9.71. The van der Waals surface area contributed by atoms with Crippen LogP contribution in [0, 0.1) is 0 Å². The monoisotopic (exact) mass is 627 g/mol. The van der Waals surface area contributed by atoms with Crippen LogP contribution < -0.4 is 0 Å². The van der Waals surface area contributed by atoms with Crippen LogP contribution in [0.25, 0.3) is 0 Å². The van der Waals surface area contributed by atoms with E-state index in [1.807, 2.05) is 0 Å². The van der Waals surface area contributed by atoms with Crippen LogP contribution in [0.3, 0.4) is 0 Å². The third kappa shape index (κ3) is 30.5. The molecule has 0 heterocycles. The minimum Gasteiger partial charge on any atom is -0.417 e. The van der Waals surface area contributed by atoms with Gasteiger partial charge in [0.05, 0.1) is 0 Å². The van der Waals surface area contributed by atoms with Crippen LogP contribution in [-0.2, 0) is 4.43 Å². The lowest BCUT2D eigenvalue weighted by Gasteiger charge is -2.31. The van der Waals surface area contributed by atoms with E-state index in [2.05, 4.69) is 33.4 Å². The molecule has 0 fully saturated rings. The summed E-state index contributed by atoms with van der Waals surface area (Å²) in [6, 6.07) is 4.17. The van der Waals surface area contributed by atoms with Gasteiger partial charge in [-0.15, -0.1) is 0 Å². The van der Waals surface area contributed by atoms with Crippen LogP contribution >= 0.6 is 12.6 Å². The molecule has 0 spiro atoms. The summed E-state index contributed by atoms with van der Waals surface area (Å²) in [6.45, 7) is 7.78. The van der Waals surface area contributed by atoms with Crippen molar-refractivity contribution in [1.29, 1.82) is 0 Å². The lowest BCUT2D eigenvalue weighted by molar-refractivity contribution is 0.314. The van der Waals surface area contributed by atoms with Crippen LogP contribution in [0.5, 0.6) is 0 Å². The van der Waals surface area contributed by atoms with Gasteiger partial charge in [0.2, 0.25) is 0 Å². The van der Waals surface area contributed by atoms with Crippen molar-refractivity contribution >= 4 is 20.9 Å². The maximum Gasteiger partial charge on any atom is 0.192 e. The van der Waals surface area contributed by atoms with Gasteiger partial charge in [-0.05, 0) is 37.2 Å². The van der Waals surface area contributed by atoms with Crippen molar-refractivity contribution in [1.82, 2.24) is 0 Å². The van der Waals surface area contributed by atoms with Gasteiger partial charge in [0.15, 0.2) is 8.32 Å². The molecule has 3 heteroatoms. The zero-order valence-corrected chi connectivity index (χ0v) is 31.7. The number of unbranched alkanes of at least 4 members (excludes halogenated alkanes) is 28. The Morgan fingerprint density at radius 2 is 0.571 bits per heavy atom. The SMILES string of the molecule is CCCCCCCCCCCCCCCCCC[Si](CCCS)(CCCCCCCCCCCCCCCC)OCC. The fraction of sp³-hybridized carbons (Fsp3) is 1.00. The number of thiol groups is 1. The van der Waals surface area contributed by atoms with Gasteiger partial charge in [-0.3, -0.25) is 0 Å². The molecule has 0 saturated heterocycles. The van der Waals surface area contributed by atoms with E-state index in [0.717, 1.165) is 12.4 Å². The topological polar surface area (TPSA) is 9.23 Å². The van der Waals surface area contributed by atoms with Crippen LogP contribution in [0.1, 0.15) is 220 Å². The van der Waals surface area contributed by atoms with E-state index < -0.39 is 8.32 Å². The predicted octanol–water partition coefficient (Wildman–Crippen LogP) is 15.0. The molecule has 0 bridgehead atoms. The van der Waals surface area contributed by atoms with Crippen molar-refractivity contribution in [2.24, 2.45) is 0 Å². The molecule has 1 unspecified atom stereocenters. The van der Waals surface area contributed by atoms with E-state index in [1.165, 1.54) is 217 Å². The summed E-state index contributed by atoms with van der Waals surface area (Å²) in [4.78, 5) is 0. The van der Waals surface area contributed by atoms with Gasteiger partial charge < -0.3 is 4.43 Å². The number of hydrogen-bond donors (Lipinski definition) is 1. The van der Waals surface area contributed by atoms with E-state index in [0.29, 0.717) is 0 Å². The summed E-state index contributed by atoms with van der Waals surface area (Å²) in [5.41, 5.74) is 0. The molecule has 0 amide bonds. The fourth-order valence-electron chi connectivity index (χ4n) is 6.94. The van der Waals surface area contributed by atoms with Gasteiger partial charge in [0, 0.05) is 6.61 Å². The van der Waals surface area contributed by atoms with Crippen LogP contribution in [0.2, 0.25) is 18.1 Å². The van der Waals surface area contributed by atoms with Crippen molar-refractivity contribution in [2.75, 3.05) is 12.4 Å². The van der Waals surface area contributed by atoms with E-state index >= 15 is 0 Å². The highest BCUT2D eigenvalue weighted by atomic mass is 32.1. The minimum absolute atomic E-state index is 0.927. The molecule has 0 aliphatic carbocycles. The molecule has 1 nitrogen and oxygen atoms in total. The second kappa shape index (κ2) is 36.0. The zero-order valence-electron chi connectivity index (χ0n) is 29.8. The molecule has 1 atom stereocenters. The Balaban J connectivity index is 3.84. The smallest absolute Gasteiger partial charge is 0.192 e. The highest BCUT2D eigenvalue weighted by molar-refractivity contribution is 7.80. The molecule has 0 rings (SSSR count). The molecule has 0 aliphatic heterocycles. The van der Waals surface area contributed by atoms with Crippen molar-refractivity contribution in [3.63, 3.8) is 0 Å². The first-order valence-electron chi connectivity index (χ1n) is 20.0. The number of rotatable bonds is 37. The molecule has 0 N–H and O–H groups in total. The molecule has 0 aliphatic rings. The maximum atomic E-state index is 6.67. The molecule has 254 valence electrons. The van der Waals surface area contributed by atoms with E-state index in [-0.39, 0.29) is 0 Å². The van der Waals surface area contributed by atoms with Crippen LogP contribution in [0.15, 0.2) is 0 Å². The second-order valence-electron chi connectivity index (χ2n) is 13.8. The van der Waals surface area contributed by atoms with Crippen LogP contribution in [-0.4, -0.2) is 20.7 Å². The largest absolute Gasteiger partial charge is 0.417 e. The highest BCUT2D eigenvalue weighted by Crippen LogP contribution is 2.30. The summed E-state index contributed by atoms with van der Waals surface area (Å²) in [7, 11) is -1.58. The Kier molecular flexibility index (Phi) is 36.5. The van der Waals surface area contributed by atoms with Crippen molar-refractivity contribution in [3.8, 4) is 0 Å². The summed E-state index contributed by atoms with van der Waals surface area (Å²) in [5, 5.41) is 0. The average molecular weight is 627 g/mol. The van der Waals surface area contributed by atoms with Gasteiger partial charge >= 0.3 is 0 Å². The standard InChI is InChI=1S/C39H82OSSi/c1-4-7-9-11-13-15-17-19-21-22-24-26-28-30-32-34-38-42(40-6-3,39-35-36-41)37-33-31-29-27-25-23-20-18-16-14-12-10-8-5-2/h41H,4-39H2,1-3H3. The lowest BCUT2D eigenvalue weighted by atomic mass is 10.0. The molecular weight excluding hydrogens is 545 g/mol. The summed E-state index contributed by atoms with van der Waals surface area (Å²) < 4.78 is 6.67. The average Bonchev–Trinajstić information content (AvgIpc) is 3.00. The Morgan fingerprint density at radius 3 is 0.810 bits per heavy atom. The van der Waals surface area contributed by atoms with E-state index in [4.69, 9.17) is 4.43 Å². The second-order valence-corrected chi connectivity index (χ2v) is 18.4. The fourth-order valence-corrected chi connectivity index (χ4v) is 11.8. The molecular formula is C39H82OSSi. The first-order valence-corrected chi connectivity index (χ1v) is 23.2. The predicted molar refractivity (Wildman–Crippen MR) is 200 cm³/mol. The van der Waals surface area contributed by atoms with Crippen LogP contribution in [0.4, 0.5) is 0 Å². The van der Waals surface area contributed by atoms with Gasteiger partial charge in [-0.1, -0.05) is 206 Å². The van der Waals surface area contributed by atoms with Gasteiger partial charge in [-0.25, -0.2) is 0 Å². The third-order valence-corrected chi connectivity index (χ3v) is 14.7. The molecule has 0 saturated carbocycles. The highest BCUT2D eigenvalue weighted by Gasteiger charge is 2.32. The van der Waals surface area contributed by atoms with E-state index in [9.17, 15) is 0 Å². The molecule has 0 radical (unpaired) electrons. The zero-order chi connectivity index (χ0) is 30.7. The Bertz CT molecular complexity index is 487. The maximum absolute atomic E-state index is 6.67. The minimum atomic E-state index is -1.58. The van der Waals surface area contributed by atoms with Crippen molar-refractivity contribution in [2.45, 2.75) is 238 Å². The summed E-state index contributed by atoms with van der Waals surface area (Å²) in [5.74, 6) is 1.03. The van der Waals surface area contributed by atoms with E-state index in [1.54, 1.807) is 0 Å². The number of hydrogen-bond acceptors (Lipinski definition) is 2. The molecule has 0 aromatic heterocycles. The van der Waals surface area contributed by atoms with Crippen molar-refractivity contribution in [3.05, 3.63) is 0 Å². The molecule has 42 heavy (non-hydrogen) atoms. The normalized spacial score (nSPS) is 13.1. The Morgan fingerprint density at radius 1 is 0.333 bits per heavy atom. The molecule has 0 aromatic carbocycles. The first-order chi connectivity index (χ1) is 20.7. The van der Waals surface area contributed by atoms with Crippen molar-refractivity contribution < 1.29 is 4.43 Å². The Labute approximate surface area is 274 Å². The summed E-state index contributed by atoms with van der Waals surface area (Å²) >= 11 is 4.57. The Hall–Kier alpha value is 0.527. The first kappa shape index (κ1) is 42.5. The lowest BCUT2D eigenvalue weighted by Crippen LogP contribution is -2.38. The summed E-state index contributed by atoms with van der Waals surface area (Å²) in [6.07, 6.45) is 44.8. The van der Waals surface area contributed by atoms with Gasteiger partial charge in [-0.2, -0.15) is 12.6 Å².